The Hall–Kier alpha value is -3.02. The maximum absolute atomic E-state index is 13.1. The Labute approximate surface area is 151 Å². The summed E-state index contributed by atoms with van der Waals surface area (Å²) in [6, 6.07) is 7.48. The van der Waals surface area contributed by atoms with Gasteiger partial charge in [0.05, 0.1) is 32.3 Å². The summed E-state index contributed by atoms with van der Waals surface area (Å²) in [6.07, 6.45) is 0.986. The molecule has 6 nitrogen and oxygen atoms in total. The van der Waals surface area contributed by atoms with Gasteiger partial charge in [-0.05, 0) is 31.0 Å². The fourth-order valence-electron chi connectivity index (χ4n) is 3.24. The number of phenolic OH excluding ortho intramolecular Hbond substituents is 1. The highest BCUT2D eigenvalue weighted by molar-refractivity contribution is 6.07. The van der Waals surface area contributed by atoms with Gasteiger partial charge in [-0.1, -0.05) is 12.1 Å². The molecule has 1 heterocycles. The largest absolute Gasteiger partial charge is 0.507 e. The van der Waals surface area contributed by atoms with Crippen LogP contribution in [0.15, 0.2) is 24.3 Å². The van der Waals surface area contributed by atoms with Gasteiger partial charge in [0.1, 0.15) is 28.6 Å². The number of aromatic hydroxyl groups is 1. The average molecular weight is 356 g/mol. The molecule has 1 atom stereocenters. The molecule has 3 rings (SSSR count). The predicted molar refractivity (Wildman–Crippen MR) is 94.8 cm³/mol. The Morgan fingerprint density at radius 3 is 2.50 bits per heavy atom. The van der Waals surface area contributed by atoms with Gasteiger partial charge in [0, 0.05) is 5.56 Å². The van der Waals surface area contributed by atoms with Gasteiger partial charge in [-0.3, -0.25) is 9.59 Å². The quantitative estimate of drug-likeness (QED) is 0.830. The van der Waals surface area contributed by atoms with Crippen LogP contribution in [-0.4, -0.2) is 38.0 Å². The van der Waals surface area contributed by atoms with E-state index in [0.29, 0.717) is 18.3 Å². The molecule has 2 aromatic carbocycles. The molecule has 0 saturated carbocycles. The van der Waals surface area contributed by atoms with E-state index in [9.17, 15) is 14.7 Å². The smallest absolute Gasteiger partial charge is 0.177 e. The Morgan fingerprint density at radius 1 is 1.23 bits per heavy atom. The third kappa shape index (κ3) is 2.87. The lowest BCUT2D eigenvalue weighted by Gasteiger charge is -2.28. The Bertz CT molecular complexity index is 854. The van der Waals surface area contributed by atoms with E-state index in [1.165, 1.54) is 7.11 Å². The van der Waals surface area contributed by atoms with Crippen molar-refractivity contribution in [2.45, 2.75) is 13.3 Å². The third-order valence-electron chi connectivity index (χ3n) is 4.66. The van der Waals surface area contributed by atoms with Crippen LogP contribution in [0.25, 0.3) is 0 Å². The average Bonchev–Trinajstić information content (AvgIpc) is 2.66. The van der Waals surface area contributed by atoms with Crippen LogP contribution < -0.4 is 14.2 Å². The molecule has 0 unspecified atom stereocenters. The van der Waals surface area contributed by atoms with Gasteiger partial charge < -0.3 is 19.3 Å². The van der Waals surface area contributed by atoms with Gasteiger partial charge in [-0.25, -0.2) is 0 Å². The normalized spacial score (nSPS) is 15.8. The summed E-state index contributed by atoms with van der Waals surface area (Å²) in [7, 11) is 3.02. The van der Waals surface area contributed by atoms with E-state index in [2.05, 4.69) is 0 Å². The Kier molecular flexibility index (Phi) is 4.84. The van der Waals surface area contributed by atoms with Crippen LogP contribution in [0, 0.1) is 12.8 Å². The monoisotopic (exact) mass is 356 g/mol. The number of aldehydes is 1. The number of hydrogen-bond acceptors (Lipinski definition) is 6. The van der Waals surface area contributed by atoms with E-state index in [1.807, 2.05) is 24.3 Å². The Balaban J connectivity index is 1.98. The second kappa shape index (κ2) is 7.07. The molecule has 1 N–H and O–H groups in total. The van der Waals surface area contributed by atoms with Crippen molar-refractivity contribution in [3.63, 3.8) is 0 Å². The van der Waals surface area contributed by atoms with Crippen molar-refractivity contribution >= 4 is 12.1 Å². The number of ether oxygens (including phenoxy) is 3. The van der Waals surface area contributed by atoms with Crippen molar-refractivity contribution in [2.75, 3.05) is 20.8 Å². The standard InChI is InChI=1S/C20H20O6/c1-11-17(22)15(9-21)20-16(19(11)25-3)18(23)13(10-26-20)8-12-4-6-14(24-2)7-5-12/h4-7,9,13,22H,8,10H2,1-3H3/t13-/m1/s1. The number of rotatable bonds is 5. The number of benzene rings is 2. The number of Topliss-reactive ketones (excluding diaryl/α,β-unsaturated/α-hetero) is 1. The number of fused-ring (bicyclic) bond motifs is 1. The zero-order valence-corrected chi connectivity index (χ0v) is 14.9. The summed E-state index contributed by atoms with van der Waals surface area (Å²) in [5.74, 6) is 0.285. The molecule has 0 spiro atoms. The van der Waals surface area contributed by atoms with Gasteiger partial charge in [0.25, 0.3) is 0 Å². The maximum atomic E-state index is 13.1. The first-order chi connectivity index (χ1) is 12.5. The molecule has 0 amide bonds. The van der Waals surface area contributed by atoms with Crippen LogP contribution in [-0.2, 0) is 6.42 Å². The van der Waals surface area contributed by atoms with Crippen molar-refractivity contribution in [3.05, 3.63) is 46.5 Å². The maximum Gasteiger partial charge on any atom is 0.177 e. The van der Waals surface area contributed by atoms with Crippen molar-refractivity contribution in [2.24, 2.45) is 5.92 Å². The number of ketones is 1. The summed E-state index contributed by atoms with van der Waals surface area (Å²) >= 11 is 0. The van der Waals surface area contributed by atoms with Crippen LogP contribution in [0.5, 0.6) is 23.0 Å². The molecule has 0 fully saturated rings. The number of hydrogen-bond donors (Lipinski definition) is 1. The molecule has 26 heavy (non-hydrogen) atoms. The molecule has 0 aliphatic carbocycles. The number of carbonyl (C=O) groups is 2. The highest BCUT2D eigenvalue weighted by atomic mass is 16.5. The van der Waals surface area contributed by atoms with Gasteiger partial charge in [0.2, 0.25) is 0 Å². The lowest BCUT2D eigenvalue weighted by atomic mass is 9.86. The van der Waals surface area contributed by atoms with E-state index in [-0.39, 0.29) is 40.8 Å². The molecular weight excluding hydrogens is 336 g/mol. The topological polar surface area (TPSA) is 82.1 Å². The van der Waals surface area contributed by atoms with E-state index in [1.54, 1.807) is 14.0 Å². The van der Waals surface area contributed by atoms with Crippen molar-refractivity contribution in [1.29, 1.82) is 0 Å². The molecule has 136 valence electrons. The van der Waals surface area contributed by atoms with E-state index in [0.717, 1.165) is 11.3 Å². The molecule has 0 bridgehead atoms. The zero-order valence-electron chi connectivity index (χ0n) is 14.9. The fourth-order valence-corrected chi connectivity index (χ4v) is 3.24. The van der Waals surface area contributed by atoms with Crippen LogP contribution in [0.1, 0.15) is 31.8 Å². The first-order valence-electron chi connectivity index (χ1n) is 8.20. The molecule has 2 aromatic rings. The predicted octanol–water partition coefficient (Wildman–Crippen LogP) is 2.96. The highest BCUT2D eigenvalue weighted by Gasteiger charge is 2.36. The molecule has 6 heteroatoms. The molecule has 1 aliphatic heterocycles. The van der Waals surface area contributed by atoms with Crippen molar-refractivity contribution < 1.29 is 28.9 Å². The van der Waals surface area contributed by atoms with Crippen molar-refractivity contribution in [3.8, 4) is 23.0 Å². The highest BCUT2D eigenvalue weighted by Crippen LogP contribution is 2.45. The molecule has 0 saturated heterocycles. The minimum atomic E-state index is -0.409. The molecular formula is C20H20O6. The third-order valence-corrected chi connectivity index (χ3v) is 4.66. The summed E-state index contributed by atoms with van der Waals surface area (Å²) in [6.45, 7) is 1.73. The van der Waals surface area contributed by atoms with Crippen LogP contribution in [0.2, 0.25) is 0 Å². The van der Waals surface area contributed by atoms with E-state index < -0.39 is 5.92 Å². The van der Waals surface area contributed by atoms with E-state index in [4.69, 9.17) is 14.2 Å². The molecule has 1 aliphatic rings. The van der Waals surface area contributed by atoms with E-state index >= 15 is 0 Å². The lowest BCUT2D eigenvalue weighted by molar-refractivity contribution is 0.0823. The Morgan fingerprint density at radius 2 is 1.92 bits per heavy atom. The van der Waals surface area contributed by atoms with Gasteiger partial charge in [0.15, 0.2) is 12.1 Å². The van der Waals surface area contributed by atoms with Gasteiger partial charge in [-0.15, -0.1) is 0 Å². The van der Waals surface area contributed by atoms with Crippen LogP contribution >= 0.6 is 0 Å². The summed E-state index contributed by atoms with van der Waals surface area (Å²) in [4.78, 5) is 24.5. The van der Waals surface area contributed by atoms with Gasteiger partial charge in [-0.2, -0.15) is 0 Å². The first kappa shape index (κ1) is 17.8. The SMILES string of the molecule is COc1ccc(C[C@@H]2COc3c(C=O)c(O)c(C)c(OC)c3C2=O)cc1. The number of carbonyl (C=O) groups excluding carboxylic acids is 2. The minimum absolute atomic E-state index is 0.0189. The number of methoxy groups -OCH3 is 2. The van der Waals surface area contributed by atoms with Crippen LogP contribution in [0.4, 0.5) is 0 Å². The summed E-state index contributed by atoms with van der Waals surface area (Å²) < 4.78 is 16.2. The molecule has 0 radical (unpaired) electrons. The first-order valence-corrected chi connectivity index (χ1v) is 8.20. The second-order valence-corrected chi connectivity index (χ2v) is 6.17. The second-order valence-electron chi connectivity index (χ2n) is 6.17. The van der Waals surface area contributed by atoms with Crippen LogP contribution in [0.3, 0.4) is 0 Å². The number of phenols is 1. The summed E-state index contributed by atoms with van der Waals surface area (Å²) in [5, 5.41) is 10.2. The van der Waals surface area contributed by atoms with Crippen molar-refractivity contribution in [1.82, 2.24) is 0 Å². The zero-order chi connectivity index (χ0) is 18.8. The molecule has 0 aromatic heterocycles. The van der Waals surface area contributed by atoms with Gasteiger partial charge >= 0.3 is 0 Å². The summed E-state index contributed by atoms with van der Waals surface area (Å²) in [5.41, 5.74) is 1.51. The lowest BCUT2D eigenvalue weighted by Crippen LogP contribution is -2.31. The minimum Gasteiger partial charge on any atom is -0.507 e. The fraction of sp³-hybridized carbons (Fsp3) is 0.300.